The molecule has 152 valence electrons. The second kappa shape index (κ2) is 8.74. The zero-order valence-electron chi connectivity index (χ0n) is 14.9. The molecule has 1 heterocycles. The molecule has 0 unspecified atom stereocenters. The largest absolute Gasteiger partial charge is 0.323 e. The molecule has 1 aromatic heterocycles. The molecule has 0 aliphatic rings. The van der Waals surface area contributed by atoms with Gasteiger partial charge in [0.25, 0.3) is 20.0 Å². The molecule has 0 fully saturated rings. The van der Waals surface area contributed by atoms with Crippen LogP contribution in [0.3, 0.4) is 0 Å². The smallest absolute Gasteiger partial charge is 0.261 e. The zero-order chi connectivity index (χ0) is 20.9. The molecule has 2 aromatic carbocycles. The summed E-state index contributed by atoms with van der Waals surface area (Å²) < 4.78 is 53.9. The molecule has 0 spiro atoms. The van der Waals surface area contributed by atoms with Gasteiger partial charge in [-0.3, -0.25) is 9.52 Å². The predicted octanol–water partition coefficient (Wildman–Crippen LogP) is 2.47. The summed E-state index contributed by atoms with van der Waals surface area (Å²) >= 11 is 1.03. The minimum absolute atomic E-state index is 0.0739. The number of rotatable bonds is 8. The topological polar surface area (TPSA) is 121 Å². The number of thiophene rings is 1. The van der Waals surface area contributed by atoms with Gasteiger partial charge >= 0.3 is 0 Å². The van der Waals surface area contributed by atoms with Crippen molar-refractivity contribution in [2.45, 2.75) is 9.10 Å². The van der Waals surface area contributed by atoms with Gasteiger partial charge < -0.3 is 5.32 Å². The summed E-state index contributed by atoms with van der Waals surface area (Å²) in [6.45, 7) is -0.500. The van der Waals surface area contributed by atoms with Crippen LogP contribution in [-0.2, 0) is 24.8 Å². The Bertz CT molecular complexity index is 1190. The Morgan fingerprint density at radius 1 is 0.793 bits per heavy atom. The third-order valence-electron chi connectivity index (χ3n) is 3.68. The predicted molar refractivity (Wildman–Crippen MR) is 112 cm³/mol. The van der Waals surface area contributed by atoms with E-state index in [1.54, 1.807) is 41.8 Å². The van der Waals surface area contributed by atoms with E-state index < -0.39 is 32.5 Å². The van der Waals surface area contributed by atoms with Crippen LogP contribution in [0, 0.1) is 0 Å². The van der Waals surface area contributed by atoms with E-state index in [-0.39, 0.29) is 20.5 Å². The summed E-state index contributed by atoms with van der Waals surface area (Å²) in [4.78, 5) is 12.3. The number of carbonyl (C=O) groups is 1. The molecule has 29 heavy (non-hydrogen) atoms. The molecule has 1 amide bonds. The van der Waals surface area contributed by atoms with Crippen LogP contribution in [0.2, 0.25) is 0 Å². The van der Waals surface area contributed by atoms with Gasteiger partial charge in [0.2, 0.25) is 5.91 Å². The summed E-state index contributed by atoms with van der Waals surface area (Å²) in [6.07, 6.45) is 0. The zero-order valence-corrected chi connectivity index (χ0v) is 17.4. The van der Waals surface area contributed by atoms with Gasteiger partial charge in [0.1, 0.15) is 4.21 Å². The number of para-hydroxylation sites is 2. The molecule has 0 atom stereocenters. The second-order valence-corrected chi connectivity index (χ2v) is 10.4. The fourth-order valence-electron chi connectivity index (χ4n) is 2.33. The van der Waals surface area contributed by atoms with Crippen LogP contribution < -0.4 is 14.8 Å². The molecule has 0 aliphatic heterocycles. The third-order valence-corrected chi connectivity index (χ3v) is 7.86. The Labute approximate surface area is 172 Å². The molecular weight excluding hydrogens is 434 g/mol. The maximum absolute atomic E-state index is 12.5. The number of hydrogen-bond donors (Lipinski definition) is 3. The van der Waals surface area contributed by atoms with Gasteiger partial charge in [0.05, 0.1) is 22.8 Å². The van der Waals surface area contributed by atoms with E-state index in [1.807, 2.05) is 0 Å². The highest BCUT2D eigenvalue weighted by Crippen LogP contribution is 2.24. The quantitative estimate of drug-likeness (QED) is 0.486. The normalized spacial score (nSPS) is 11.7. The third kappa shape index (κ3) is 5.41. The molecule has 0 bridgehead atoms. The highest BCUT2D eigenvalue weighted by molar-refractivity contribution is 7.92. The molecule has 3 N–H and O–H groups in total. The monoisotopic (exact) mass is 451 g/mol. The van der Waals surface area contributed by atoms with Gasteiger partial charge in [0, 0.05) is 0 Å². The van der Waals surface area contributed by atoms with Gasteiger partial charge in [-0.2, -0.15) is 0 Å². The molecule has 3 rings (SSSR count). The van der Waals surface area contributed by atoms with Crippen LogP contribution in [0.5, 0.6) is 0 Å². The van der Waals surface area contributed by atoms with Crippen molar-refractivity contribution in [3.63, 3.8) is 0 Å². The molecule has 11 heteroatoms. The average Bonchev–Trinajstić information content (AvgIpc) is 3.24. The standard InChI is InChI=1S/C18H17N3O5S3/c22-17(13-19-29(25,26)18-11-6-12-27-18)20-15-9-4-5-10-16(15)21-28(23,24)14-7-2-1-3-8-14/h1-12,19,21H,13H2,(H,20,22). The Hall–Kier alpha value is -2.73. The highest BCUT2D eigenvalue weighted by Gasteiger charge is 2.18. The number of carbonyl (C=O) groups excluding carboxylic acids is 1. The number of amides is 1. The number of hydrogen-bond acceptors (Lipinski definition) is 6. The molecule has 0 radical (unpaired) electrons. The Kier molecular flexibility index (Phi) is 6.33. The average molecular weight is 452 g/mol. The second-order valence-electron chi connectivity index (χ2n) is 5.77. The van der Waals surface area contributed by atoms with Crippen LogP contribution in [0.4, 0.5) is 11.4 Å². The fraction of sp³-hybridized carbons (Fsp3) is 0.0556. The number of sulfonamides is 2. The van der Waals surface area contributed by atoms with Crippen molar-refractivity contribution in [2.75, 3.05) is 16.6 Å². The van der Waals surface area contributed by atoms with Gasteiger partial charge in [-0.25, -0.2) is 21.6 Å². The molecule has 0 saturated heterocycles. The van der Waals surface area contributed by atoms with Gasteiger partial charge in [-0.05, 0) is 35.7 Å². The van der Waals surface area contributed by atoms with Crippen LogP contribution in [0.25, 0.3) is 0 Å². The van der Waals surface area contributed by atoms with Crippen molar-refractivity contribution in [1.82, 2.24) is 4.72 Å². The van der Waals surface area contributed by atoms with Crippen LogP contribution in [0.15, 0.2) is 81.2 Å². The van der Waals surface area contributed by atoms with Crippen LogP contribution >= 0.6 is 11.3 Å². The minimum Gasteiger partial charge on any atom is -0.323 e. The SMILES string of the molecule is O=C(CNS(=O)(=O)c1cccs1)Nc1ccccc1NS(=O)(=O)c1ccccc1. The van der Waals surface area contributed by atoms with Crippen molar-refractivity contribution in [2.24, 2.45) is 0 Å². The molecule has 8 nitrogen and oxygen atoms in total. The van der Waals surface area contributed by atoms with E-state index in [0.717, 1.165) is 11.3 Å². The van der Waals surface area contributed by atoms with Crippen molar-refractivity contribution in [1.29, 1.82) is 0 Å². The number of nitrogens with one attached hydrogen (secondary N) is 3. The Balaban J connectivity index is 1.70. The summed E-state index contributed by atoms with van der Waals surface area (Å²) in [6, 6.07) is 17.0. The molecule has 0 saturated carbocycles. The lowest BCUT2D eigenvalue weighted by Gasteiger charge is -2.13. The summed E-state index contributed by atoms with van der Waals surface area (Å²) in [5.74, 6) is -0.642. The first-order valence-electron chi connectivity index (χ1n) is 8.28. The lowest BCUT2D eigenvalue weighted by Crippen LogP contribution is -2.32. The summed E-state index contributed by atoms with van der Waals surface area (Å²) in [5, 5.41) is 4.13. The highest BCUT2D eigenvalue weighted by atomic mass is 32.2. The van der Waals surface area contributed by atoms with Crippen molar-refractivity contribution < 1.29 is 21.6 Å². The van der Waals surface area contributed by atoms with E-state index in [4.69, 9.17) is 0 Å². The lowest BCUT2D eigenvalue weighted by atomic mass is 10.2. The van der Waals surface area contributed by atoms with Gasteiger partial charge in [-0.15, -0.1) is 11.3 Å². The lowest BCUT2D eigenvalue weighted by molar-refractivity contribution is -0.115. The van der Waals surface area contributed by atoms with E-state index in [0.29, 0.717) is 0 Å². The van der Waals surface area contributed by atoms with Crippen LogP contribution in [0.1, 0.15) is 0 Å². The fourth-order valence-corrected chi connectivity index (χ4v) is 5.45. The van der Waals surface area contributed by atoms with Crippen molar-refractivity contribution in [3.8, 4) is 0 Å². The maximum atomic E-state index is 12.5. The number of benzene rings is 2. The Morgan fingerprint density at radius 3 is 2.10 bits per heavy atom. The van der Waals surface area contributed by atoms with E-state index in [2.05, 4.69) is 14.8 Å². The Morgan fingerprint density at radius 2 is 1.45 bits per heavy atom. The first-order valence-corrected chi connectivity index (χ1v) is 12.1. The van der Waals surface area contributed by atoms with Gasteiger partial charge in [0.15, 0.2) is 0 Å². The van der Waals surface area contributed by atoms with Crippen LogP contribution in [-0.4, -0.2) is 29.3 Å². The first-order chi connectivity index (χ1) is 13.8. The molecule has 3 aromatic rings. The van der Waals surface area contributed by atoms with E-state index >= 15 is 0 Å². The minimum atomic E-state index is -3.85. The summed E-state index contributed by atoms with van der Waals surface area (Å²) in [7, 11) is -7.63. The van der Waals surface area contributed by atoms with E-state index in [1.165, 1.54) is 30.3 Å². The maximum Gasteiger partial charge on any atom is 0.261 e. The molecule has 0 aliphatic carbocycles. The molecular formula is C18H17N3O5S3. The van der Waals surface area contributed by atoms with Crippen molar-refractivity contribution in [3.05, 3.63) is 72.1 Å². The number of anilines is 2. The van der Waals surface area contributed by atoms with Crippen molar-refractivity contribution >= 4 is 48.7 Å². The van der Waals surface area contributed by atoms with E-state index in [9.17, 15) is 21.6 Å². The van der Waals surface area contributed by atoms with Gasteiger partial charge in [-0.1, -0.05) is 36.4 Å². The summed E-state index contributed by atoms with van der Waals surface area (Å²) in [5.41, 5.74) is 0.359. The first kappa shape index (κ1) is 21.0.